The highest BCUT2D eigenvalue weighted by Crippen LogP contribution is 2.46. The minimum Gasteiger partial charge on any atom is -0.497 e. The number of aliphatic hydroxyl groups is 1. The minimum absolute atomic E-state index is 0.0570. The van der Waals surface area contributed by atoms with E-state index in [9.17, 15) is 28.2 Å². The number of ether oxygens (including phenoxy) is 5. The normalized spacial score (nSPS) is 23.2. The Morgan fingerprint density at radius 1 is 1.00 bits per heavy atom. The molecule has 6 atom stereocenters. The van der Waals surface area contributed by atoms with Crippen molar-refractivity contribution in [3.8, 4) is 21.9 Å². The third kappa shape index (κ3) is 10.8. The molecule has 3 saturated heterocycles. The second-order valence-corrected chi connectivity index (χ2v) is 22.9. The van der Waals surface area contributed by atoms with Crippen LogP contribution in [0.4, 0.5) is 10.5 Å². The summed E-state index contributed by atoms with van der Waals surface area (Å²) >= 11 is 1.62. The number of methoxy groups -OCH3 is 1. The van der Waals surface area contributed by atoms with Crippen molar-refractivity contribution in [3.63, 3.8) is 0 Å². The summed E-state index contributed by atoms with van der Waals surface area (Å²) in [6.07, 6.45) is 1.76. The van der Waals surface area contributed by atoms with Crippen LogP contribution < -0.4 is 19.7 Å². The number of anilines is 1. The van der Waals surface area contributed by atoms with Crippen LogP contribution in [-0.4, -0.2) is 112 Å². The molecule has 67 heavy (non-hydrogen) atoms. The van der Waals surface area contributed by atoms with Gasteiger partial charge in [0, 0.05) is 41.5 Å². The molecular weight excluding hydrogens is 895 g/mol. The van der Waals surface area contributed by atoms with E-state index in [0.717, 1.165) is 70.8 Å². The molecule has 3 aliphatic heterocycles. The quantitative estimate of drug-likeness (QED) is 0.0930. The van der Waals surface area contributed by atoms with Gasteiger partial charge in [0.25, 0.3) is 0 Å². The average molecular weight is 960 g/mol. The lowest BCUT2D eigenvalue weighted by molar-refractivity contribution is -0.181. The van der Waals surface area contributed by atoms with Crippen LogP contribution in [0.2, 0.25) is 0 Å². The molecule has 4 aromatic rings. The molecule has 8 rings (SSSR count). The number of nitrogens with zero attached hydrogens (tertiary/aromatic N) is 2. The molecule has 0 radical (unpaired) electrons. The Labute approximate surface area is 398 Å². The van der Waals surface area contributed by atoms with Gasteiger partial charge in [-0.05, 0) is 134 Å². The molecule has 16 heteroatoms. The standard InChI is InChI=1S/C51H65N3O11S2/c1-31(2)27-54(67(59,60)38-15-12-35(61-7)13-16-38)29-43(55)42(52-49(58)65-44-30-63-51(6)41(44)20-23-62-51)25-33-8-10-34(11-9-33)53-22-19-37(28-53)64-36-14-17-39(32(3)24-36)47-46(48(56)57)40-26-50(4,5)21-18-45(40)66-47/h8-17,24,31,37,41-44,55H,18-23,25-30H2,1-7H3,(H,52,58)(H,56,57)/t37-,41+,42+,43-,44+,51-/m1/s1. The number of rotatable bonds is 17. The van der Waals surface area contributed by atoms with Gasteiger partial charge in [0.1, 0.15) is 23.7 Å². The van der Waals surface area contributed by atoms with Crippen LogP contribution in [0, 0.1) is 24.2 Å². The molecular formula is C51H65N3O11S2. The van der Waals surface area contributed by atoms with Crippen LogP contribution in [0.15, 0.2) is 71.6 Å². The first-order chi connectivity index (χ1) is 31.8. The van der Waals surface area contributed by atoms with Crippen molar-refractivity contribution in [2.45, 2.75) is 115 Å². The molecule has 0 spiro atoms. The topological polar surface area (TPSA) is 173 Å². The molecule has 1 aliphatic carbocycles. The van der Waals surface area contributed by atoms with E-state index in [1.807, 2.05) is 70.2 Å². The summed E-state index contributed by atoms with van der Waals surface area (Å²) in [4.78, 5) is 30.5. The van der Waals surface area contributed by atoms with Gasteiger partial charge in [-0.3, -0.25) is 0 Å². The fourth-order valence-electron chi connectivity index (χ4n) is 10.1. The number of benzene rings is 3. The first-order valence-electron chi connectivity index (χ1n) is 23.4. The van der Waals surface area contributed by atoms with Gasteiger partial charge in [-0.1, -0.05) is 39.8 Å². The highest BCUT2D eigenvalue weighted by atomic mass is 32.2. The van der Waals surface area contributed by atoms with Crippen molar-refractivity contribution in [1.82, 2.24) is 9.62 Å². The zero-order valence-corrected chi connectivity index (χ0v) is 41.2. The molecule has 362 valence electrons. The number of thiophene rings is 1. The molecule has 14 nitrogen and oxygen atoms in total. The van der Waals surface area contributed by atoms with Crippen molar-refractivity contribution in [3.05, 3.63) is 93.9 Å². The lowest BCUT2D eigenvalue weighted by Crippen LogP contribution is -2.51. The van der Waals surface area contributed by atoms with E-state index in [-0.39, 0.29) is 54.4 Å². The van der Waals surface area contributed by atoms with Gasteiger partial charge in [-0.25, -0.2) is 18.0 Å². The predicted octanol–water partition coefficient (Wildman–Crippen LogP) is 8.10. The average Bonchev–Trinajstić information content (AvgIpc) is 4.06. The zero-order valence-electron chi connectivity index (χ0n) is 39.6. The van der Waals surface area contributed by atoms with Gasteiger partial charge in [-0.15, -0.1) is 11.3 Å². The van der Waals surface area contributed by atoms with Crippen molar-refractivity contribution < 1.29 is 51.9 Å². The molecule has 3 N–H and O–H groups in total. The summed E-state index contributed by atoms with van der Waals surface area (Å²) in [6.45, 7) is 14.1. The number of hydrogen-bond acceptors (Lipinski definition) is 12. The maximum Gasteiger partial charge on any atom is 0.407 e. The van der Waals surface area contributed by atoms with E-state index in [0.29, 0.717) is 30.9 Å². The molecule has 3 aromatic carbocycles. The second-order valence-electron chi connectivity index (χ2n) is 19.9. The number of fused-ring (bicyclic) bond motifs is 2. The molecule has 1 aromatic heterocycles. The van der Waals surface area contributed by atoms with E-state index in [4.69, 9.17) is 23.7 Å². The number of aromatic carboxylic acids is 1. The van der Waals surface area contributed by atoms with Crippen LogP contribution in [-0.2, 0) is 43.5 Å². The van der Waals surface area contributed by atoms with Gasteiger partial charge in [0.05, 0.1) is 55.4 Å². The SMILES string of the molecule is COc1ccc(S(=O)(=O)N(CC(C)C)C[C@@H](O)[C@H](Cc2ccc(N3CC[C@@H](Oc4ccc(-c5sc6c(c5C(=O)O)CC(C)(C)CC6)c(C)c4)C3)cc2)NC(=O)O[C@H]2CO[C@@]3(C)OCC[C@@H]23)cc1. The van der Waals surface area contributed by atoms with Crippen LogP contribution >= 0.6 is 11.3 Å². The summed E-state index contributed by atoms with van der Waals surface area (Å²) in [7, 11) is -2.53. The van der Waals surface area contributed by atoms with Crippen molar-refractivity contribution in [1.29, 1.82) is 0 Å². The largest absolute Gasteiger partial charge is 0.497 e. The third-order valence-corrected chi connectivity index (χ3v) is 17.0. The third-order valence-electron chi connectivity index (χ3n) is 13.8. The van der Waals surface area contributed by atoms with Crippen molar-refractivity contribution in [2.75, 3.05) is 51.4 Å². The molecule has 4 aliphatic rings. The van der Waals surface area contributed by atoms with E-state index in [1.165, 1.54) is 28.4 Å². The molecule has 4 heterocycles. The van der Waals surface area contributed by atoms with Gasteiger partial charge in [0.15, 0.2) is 5.79 Å². The van der Waals surface area contributed by atoms with Crippen LogP contribution in [0.25, 0.3) is 10.4 Å². The Bertz CT molecular complexity index is 2530. The Morgan fingerprint density at radius 2 is 1.73 bits per heavy atom. The van der Waals surface area contributed by atoms with Gasteiger partial charge in [0.2, 0.25) is 10.0 Å². The molecule has 0 saturated carbocycles. The molecule has 0 bridgehead atoms. The molecule has 0 unspecified atom stereocenters. The monoisotopic (exact) mass is 959 g/mol. The number of carboxylic acid groups (broad SMARTS) is 1. The predicted molar refractivity (Wildman–Crippen MR) is 257 cm³/mol. The number of carboxylic acids is 1. The molecule has 3 fully saturated rings. The maximum absolute atomic E-state index is 14.0. The van der Waals surface area contributed by atoms with Crippen LogP contribution in [0.1, 0.15) is 85.8 Å². The number of amides is 1. The Balaban J connectivity index is 0.941. The second kappa shape index (κ2) is 19.7. The van der Waals surface area contributed by atoms with E-state index in [2.05, 4.69) is 24.1 Å². The lowest BCUT2D eigenvalue weighted by Gasteiger charge is -2.31. The zero-order chi connectivity index (χ0) is 47.8. The van der Waals surface area contributed by atoms with Crippen molar-refractivity contribution >= 4 is 39.1 Å². The number of sulfonamides is 1. The number of carbonyl (C=O) groups is 2. The minimum atomic E-state index is -4.04. The number of carbonyl (C=O) groups excluding carboxylic acids is 1. The van der Waals surface area contributed by atoms with Gasteiger partial charge in [-0.2, -0.15) is 4.31 Å². The fraction of sp³-hybridized carbons (Fsp3) is 0.529. The smallest absolute Gasteiger partial charge is 0.407 e. The summed E-state index contributed by atoms with van der Waals surface area (Å²) in [5, 5.41) is 25.1. The summed E-state index contributed by atoms with van der Waals surface area (Å²) in [6, 6.07) is 19.1. The van der Waals surface area contributed by atoms with Crippen LogP contribution in [0.5, 0.6) is 11.5 Å². The highest BCUT2D eigenvalue weighted by Gasteiger charge is 2.53. The van der Waals surface area contributed by atoms with Gasteiger partial charge >= 0.3 is 12.1 Å². The van der Waals surface area contributed by atoms with E-state index in [1.54, 1.807) is 23.5 Å². The first kappa shape index (κ1) is 48.7. The summed E-state index contributed by atoms with van der Waals surface area (Å²) < 4.78 is 58.6. The van der Waals surface area contributed by atoms with E-state index < -0.39 is 46.1 Å². The number of alkyl carbamates (subject to hydrolysis) is 1. The lowest BCUT2D eigenvalue weighted by atomic mass is 9.76. The maximum atomic E-state index is 14.0. The Kier molecular flexibility index (Phi) is 14.3. The Morgan fingerprint density at radius 3 is 2.42 bits per heavy atom. The van der Waals surface area contributed by atoms with Gasteiger partial charge < -0.3 is 44.1 Å². The Hall–Kier alpha value is -4.71. The molecule has 1 amide bonds. The first-order valence-corrected chi connectivity index (χ1v) is 25.6. The van der Waals surface area contributed by atoms with Crippen molar-refractivity contribution in [2.24, 2.45) is 17.3 Å². The number of aryl methyl sites for hydroxylation is 2. The number of aliphatic hydroxyl groups excluding tert-OH is 1. The summed E-state index contributed by atoms with van der Waals surface area (Å²) in [5.74, 6) is -0.613. The number of hydrogen-bond donors (Lipinski definition) is 3. The fourth-order valence-corrected chi connectivity index (χ4v) is 13.1. The summed E-state index contributed by atoms with van der Waals surface area (Å²) in [5.41, 5.74) is 5.23. The van der Waals surface area contributed by atoms with Crippen LogP contribution in [0.3, 0.4) is 0 Å². The van der Waals surface area contributed by atoms with E-state index >= 15 is 0 Å². The number of nitrogens with one attached hydrogen (secondary N) is 1. The highest BCUT2D eigenvalue weighted by molar-refractivity contribution is 7.89.